The Morgan fingerprint density at radius 1 is 1.17 bits per heavy atom. The van der Waals surface area contributed by atoms with Crippen molar-refractivity contribution >= 4 is 34.4 Å². The van der Waals surface area contributed by atoms with Gasteiger partial charge in [0.15, 0.2) is 0 Å². The van der Waals surface area contributed by atoms with Crippen molar-refractivity contribution in [2.75, 3.05) is 0 Å². The van der Waals surface area contributed by atoms with Crippen LogP contribution in [0.5, 0.6) is 0 Å². The van der Waals surface area contributed by atoms with E-state index < -0.39 is 0 Å². The van der Waals surface area contributed by atoms with Crippen LogP contribution >= 0.6 is 22.6 Å². The van der Waals surface area contributed by atoms with Gasteiger partial charge in [0.25, 0.3) is 5.91 Å². The fraction of sp³-hybridized carbons (Fsp3) is 0.385. The number of carbonyl (C=O) groups is 2. The predicted molar refractivity (Wildman–Crippen MR) is 76.7 cm³/mol. The highest BCUT2D eigenvalue weighted by molar-refractivity contribution is 14.1. The molecule has 1 saturated carbocycles. The zero-order valence-electron chi connectivity index (χ0n) is 9.91. The molecular weight excluding hydrogens is 343 g/mol. The average molecular weight is 358 g/mol. The summed E-state index contributed by atoms with van der Waals surface area (Å²) in [6, 6.07) is 7.22. The first-order valence-electron chi connectivity index (χ1n) is 6.02. The quantitative estimate of drug-likeness (QED) is 0.629. The zero-order valence-corrected chi connectivity index (χ0v) is 12.1. The highest BCUT2D eigenvalue weighted by atomic mass is 127. The molecule has 0 unspecified atom stereocenters. The minimum atomic E-state index is -0.278. The lowest BCUT2D eigenvalue weighted by molar-refractivity contribution is -0.125. The first-order chi connectivity index (χ1) is 8.66. The molecule has 0 radical (unpaired) electrons. The molecule has 0 spiro atoms. The number of hydrogen-bond acceptors (Lipinski definition) is 2. The molecule has 1 fully saturated rings. The summed E-state index contributed by atoms with van der Waals surface area (Å²) in [5.41, 5.74) is 5.51. The Hall–Kier alpha value is -1.11. The molecule has 5 heteroatoms. The summed E-state index contributed by atoms with van der Waals surface area (Å²) in [7, 11) is 0. The number of rotatable bonds is 2. The molecule has 18 heavy (non-hydrogen) atoms. The number of amides is 2. The molecule has 1 aliphatic carbocycles. The lowest BCUT2D eigenvalue weighted by Gasteiger charge is -2.11. The molecule has 0 atom stereocenters. The SMILES string of the molecule is O=C(NNC(=O)C1CCCC1)c1cccc(I)c1. The van der Waals surface area contributed by atoms with Gasteiger partial charge in [0.05, 0.1) is 0 Å². The van der Waals surface area contributed by atoms with E-state index in [0.29, 0.717) is 5.56 Å². The van der Waals surface area contributed by atoms with Gasteiger partial charge in [-0.05, 0) is 53.6 Å². The van der Waals surface area contributed by atoms with E-state index in [1.54, 1.807) is 12.1 Å². The van der Waals surface area contributed by atoms with E-state index in [1.165, 1.54) is 0 Å². The summed E-state index contributed by atoms with van der Waals surface area (Å²) < 4.78 is 0.988. The van der Waals surface area contributed by atoms with Crippen LogP contribution in [-0.4, -0.2) is 11.8 Å². The summed E-state index contributed by atoms with van der Waals surface area (Å²) in [4.78, 5) is 23.5. The Bertz CT molecular complexity index is 456. The second-order valence-corrected chi connectivity index (χ2v) is 5.68. The number of hydrogen-bond donors (Lipinski definition) is 2. The molecule has 0 aliphatic heterocycles. The Morgan fingerprint density at radius 2 is 1.89 bits per heavy atom. The van der Waals surface area contributed by atoms with Crippen LogP contribution in [0.2, 0.25) is 0 Å². The van der Waals surface area contributed by atoms with Crippen LogP contribution in [0, 0.1) is 9.49 Å². The smallest absolute Gasteiger partial charge is 0.269 e. The van der Waals surface area contributed by atoms with Crippen LogP contribution in [0.3, 0.4) is 0 Å². The summed E-state index contributed by atoms with van der Waals surface area (Å²) >= 11 is 2.14. The van der Waals surface area contributed by atoms with E-state index in [0.717, 1.165) is 29.3 Å². The van der Waals surface area contributed by atoms with E-state index in [1.807, 2.05) is 12.1 Å². The highest BCUT2D eigenvalue weighted by Gasteiger charge is 2.22. The van der Waals surface area contributed by atoms with E-state index in [4.69, 9.17) is 0 Å². The number of nitrogens with one attached hydrogen (secondary N) is 2. The van der Waals surface area contributed by atoms with E-state index in [2.05, 4.69) is 33.4 Å². The van der Waals surface area contributed by atoms with E-state index in [9.17, 15) is 9.59 Å². The van der Waals surface area contributed by atoms with Gasteiger partial charge in [-0.25, -0.2) is 0 Å². The van der Waals surface area contributed by atoms with Crippen molar-refractivity contribution in [1.29, 1.82) is 0 Å². The number of hydrazine groups is 1. The van der Waals surface area contributed by atoms with E-state index >= 15 is 0 Å². The summed E-state index contributed by atoms with van der Waals surface area (Å²) in [6.45, 7) is 0. The zero-order chi connectivity index (χ0) is 13.0. The van der Waals surface area contributed by atoms with Crippen molar-refractivity contribution in [2.24, 2.45) is 5.92 Å². The molecule has 0 saturated heterocycles. The van der Waals surface area contributed by atoms with Gasteiger partial charge < -0.3 is 0 Å². The Morgan fingerprint density at radius 3 is 2.56 bits per heavy atom. The lowest BCUT2D eigenvalue weighted by Crippen LogP contribution is -2.44. The number of benzene rings is 1. The number of carbonyl (C=O) groups excluding carboxylic acids is 2. The fourth-order valence-corrected chi connectivity index (χ4v) is 2.65. The van der Waals surface area contributed by atoms with Crippen LogP contribution < -0.4 is 10.9 Å². The van der Waals surface area contributed by atoms with Crippen molar-refractivity contribution in [3.05, 3.63) is 33.4 Å². The largest absolute Gasteiger partial charge is 0.273 e. The van der Waals surface area contributed by atoms with Gasteiger partial charge in [-0.1, -0.05) is 18.9 Å². The van der Waals surface area contributed by atoms with Gasteiger partial charge in [-0.15, -0.1) is 0 Å². The molecule has 2 N–H and O–H groups in total. The minimum Gasteiger partial charge on any atom is -0.273 e. The van der Waals surface area contributed by atoms with Gasteiger partial charge in [-0.3, -0.25) is 20.4 Å². The summed E-state index contributed by atoms with van der Waals surface area (Å²) in [6.07, 6.45) is 4.04. The molecule has 1 aromatic carbocycles. The molecule has 2 amide bonds. The third-order valence-electron chi connectivity index (χ3n) is 3.11. The van der Waals surface area contributed by atoms with Crippen molar-refractivity contribution < 1.29 is 9.59 Å². The van der Waals surface area contributed by atoms with Crippen LogP contribution in [0.1, 0.15) is 36.0 Å². The summed E-state index contributed by atoms with van der Waals surface area (Å²) in [5.74, 6) is -0.299. The molecule has 1 aliphatic rings. The van der Waals surface area contributed by atoms with Crippen molar-refractivity contribution in [1.82, 2.24) is 10.9 Å². The molecule has 0 heterocycles. The van der Waals surface area contributed by atoms with Crippen LogP contribution in [0.25, 0.3) is 0 Å². The van der Waals surface area contributed by atoms with Gasteiger partial charge in [0, 0.05) is 15.1 Å². The first kappa shape index (κ1) is 13.3. The highest BCUT2D eigenvalue weighted by Crippen LogP contribution is 2.24. The third-order valence-corrected chi connectivity index (χ3v) is 3.78. The maximum absolute atomic E-state index is 11.8. The fourth-order valence-electron chi connectivity index (χ4n) is 2.11. The standard InChI is InChI=1S/C13H15IN2O2/c14-11-7-3-6-10(8-11)13(18)16-15-12(17)9-4-1-2-5-9/h3,6-9H,1-2,4-5H2,(H,15,17)(H,16,18). The second-order valence-electron chi connectivity index (χ2n) is 4.44. The molecule has 0 aromatic heterocycles. The van der Waals surface area contributed by atoms with Gasteiger partial charge in [0.2, 0.25) is 5.91 Å². The van der Waals surface area contributed by atoms with Crippen molar-refractivity contribution in [3.63, 3.8) is 0 Å². The normalized spacial score (nSPS) is 15.4. The third kappa shape index (κ3) is 3.44. The Kier molecular flexibility index (Phi) is 4.57. The molecule has 0 bridgehead atoms. The predicted octanol–water partition coefficient (Wildman–Crippen LogP) is 2.24. The van der Waals surface area contributed by atoms with Gasteiger partial charge >= 0.3 is 0 Å². The number of halogens is 1. The first-order valence-corrected chi connectivity index (χ1v) is 7.10. The van der Waals surface area contributed by atoms with Crippen molar-refractivity contribution in [3.8, 4) is 0 Å². The van der Waals surface area contributed by atoms with Gasteiger partial charge in [0.1, 0.15) is 0 Å². The Labute approximate surface area is 120 Å². The van der Waals surface area contributed by atoms with E-state index in [-0.39, 0.29) is 17.7 Å². The maximum Gasteiger partial charge on any atom is 0.269 e. The second kappa shape index (κ2) is 6.17. The Balaban J connectivity index is 1.86. The lowest BCUT2D eigenvalue weighted by atomic mass is 10.1. The minimum absolute atomic E-state index is 0.0567. The van der Waals surface area contributed by atoms with Crippen molar-refractivity contribution in [2.45, 2.75) is 25.7 Å². The average Bonchev–Trinajstić information content (AvgIpc) is 2.89. The molecular formula is C13H15IN2O2. The molecule has 2 rings (SSSR count). The van der Waals surface area contributed by atoms with Crippen LogP contribution in [0.15, 0.2) is 24.3 Å². The van der Waals surface area contributed by atoms with Gasteiger partial charge in [-0.2, -0.15) is 0 Å². The molecule has 1 aromatic rings. The molecule has 4 nitrogen and oxygen atoms in total. The summed E-state index contributed by atoms with van der Waals surface area (Å²) in [5, 5.41) is 0. The maximum atomic E-state index is 11.8. The van der Waals surface area contributed by atoms with Crippen LogP contribution in [-0.2, 0) is 4.79 Å². The monoisotopic (exact) mass is 358 g/mol. The van der Waals surface area contributed by atoms with Crippen LogP contribution in [0.4, 0.5) is 0 Å². The topological polar surface area (TPSA) is 58.2 Å². The molecule has 96 valence electrons.